The Morgan fingerprint density at radius 2 is 1.67 bits per heavy atom. The summed E-state index contributed by atoms with van der Waals surface area (Å²) in [5.41, 5.74) is 0.265. The predicted octanol–water partition coefficient (Wildman–Crippen LogP) is 2.68. The molecule has 0 aromatic carbocycles. The molecule has 1 aliphatic heterocycles. The number of hydrogen-bond donors (Lipinski definition) is 1. The number of carbonyl (C=O) groups is 1. The van der Waals surface area contributed by atoms with E-state index in [2.05, 4.69) is 46.9 Å². The molecule has 15 heavy (non-hydrogen) atoms. The first-order chi connectivity index (χ1) is 6.64. The third kappa shape index (κ3) is 2.09. The third-order valence-corrected chi connectivity index (χ3v) is 5.45. The molecule has 2 nitrogen and oxygen atoms in total. The summed E-state index contributed by atoms with van der Waals surface area (Å²) >= 11 is 1.89. The summed E-state index contributed by atoms with van der Waals surface area (Å²) in [6, 6.07) is 0.00782. The fourth-order valence-corrected chi connectivity index (χ4v) is 4.32. The topological polar surface area (TPSA) is 29.1 Å². The summed E-state index contributed by atoms with van der Waals surface area (Å²) in [6.07, 6.45) is 1.03. The molecule has 0 saturated carbocycles. The van der Waals surface area contributed by atoms with Crippen molar-refractivity contribution in [1.82, 2.24) is 5.32 Å². The molecule has 0 aliphatic carbocycles. The smallest absolute Gasteiger partial charge is 0.137 e. The number of nitrogens with one attached hydrogen (secondary N) is 1. The van der Waals surface area contributed by atoms with E-state index in [4.69, 9.17) is 0 Å². The average Bonchev–Trinajstić information content (AvgIpc) is 2.45. The molecule has 0 amide bonds. The van der Waals surface area contributed by atoms with Crippen LogP contribution in [0.3, 0.4) is 0 Å². The van der Waals surface area contributed by atoms with E-state index in [1.807, 2.05) is 11.8 Å². The maximum Gasteiger partial charge on any atom is 0.137 e. The van der Waals surface area contributed by atoms with E-state index in [0.717, 1.165) is 12.0 Å². The van der Waals surface area contributed by atoms with Gasteiger partial charge in [-0.3, -0.25) is 5.32 Å². The van der Waals surface area contributed by atoms with Crippen molar-refractivity contribution in [1.29, 1.82) is 0 Å². The lowest BCUT2D eigenvalue weighted by Crippen LogP contribution is -2.59. The second kappa shape index (κ2) is 3.77. The van der Waals surface area contributed by atoms with Crippen molar-refractivity contribution in [3.63, 3.8) is 0 Å². The molecule has 88 valence electrons. The first-order valence-corrected chi connectivity index (χ1v) is 6.49. The van der Waals surface area contributed by atoms with Crippen molar-refractivity contribution in [2.75, 3.05) is 5.75 Å². The molecule has 1 unspecified atom stereocenters. The van der Waals surface area contributed by atoms with Crippen molar-refractivity contribution in [3.8, 4) is 0 Å². The summed E-state index contributed by atoms with van der Waals surface area (Å²) in [6.45, 7) is 13.4. The van der Waals surface area contributed by atoms with Gasteiger partial charge in [0.05, 0.1) is 10.9 Å². The van der Waals surface area contributed by atoms with Crippen LogP contribution in [0.4, 0.5) is 0 Å². The van der Waals surface area contributed by atoms with E-state index in [-0.39, 0.29) is 21.7 Å². The third-order valence-electron chi connectivity index (χ3n) is 3.14. The van der Waals surface area contributed by atoms with E-state index >= 15 is 0 Å². The highest BCUT2D eigenvalue weighted by Crippen LogP contribution is 2.54. The fourth-order valence-electron chi connectivity index (χ4n) is 2.62. The van der Waals surface area contributed by atoms with Crippen LogP contribution in [-0.2, 0) is 4.79 Å². The molecule has 1 atom stereocenters. The number of carbonyl (C=O) groups excluding carboxylic acids is 1. The van der Waals surface area contributed by atoms with Crippen molar-refractivity contribution in [3.05, 3.63) is 0 Å². The Morgan fingerprint density at radius 1 is 1.20 bits per heavy atom. The second-order valence-corrected chi connectivity index (χ2v) is 7.61. The molecule has 1 fully saturated rings. The van der Waals surface area contributed by atoms with Crippen molar-refractivity contribution < 1.29 is 4.79 Å². The molecule has 0 spiro atoms. The highest BCUT2D eigenvalue weighted by molar-refractivity contribution is 8.01. The normalized spacial score (nSPS) is 26.7. The summed E-state index contributed by atoms with van der Waals surface area (Å²) < 4.78 is 0. The average molecular weight is 229 g/mol. The summed E-state index contributed by atoms with van der Waals surface area (Å²) in [4.78, 5) is 10.9. The van der Waals surface area contributed by atoms with Crippen LogP contribution < -0.4 is 5.32 Å². The lowest BCUT2D eigenvalue weighted by atomic mass is 9.71. The number of rotatable bonds is 1. The van der Waals surface area contributed by atoms with Crippen molar-refractivity contribution >= 4 is 18.0 Å². The lowest BCUT2D eigenvalue weighted by molar-refractivity contribution is -0.109. The largest absolute Gasteiger partial charge is 0.302 e. The van der Waals surface area contributed by atoms with E-state index in [1.54, 1.807) is 0 Å². The van der Waals surface area contributed by atoms with Gasteiger partial charge in [0.1, 0.15) is 6.29 Å². The van der Waals surface area contributed by atoms with E-state index in [0.29, 0.717) is 0 Å². The summed E-state index contributed by atoms with van der Waals surface area (Å²) in [5.74, 6) is 0.887. The maximum atomic E-state index is 10.9. The van der Waals surface area contributed by atoms with Gasteiger partial charge >= 0.3 is 0 Å². The minimum absolute atomic E-state index is 0.00782. The highest BCUT2D eigenvalue weighted by Gasteiger charge is 2.55. The second-order valence-electron chi connectivity index (χ2n) is 6.38. The molecule has 1 rings (SSSR count). The molecular weight excluding hydrogens is 206 g/mol. The number of hydrogen-bond acceptors (Lipinski definition) is 3. The molecule has 0 bridgehead atoms. The summed E-state index contributed by atoms with van der Waals surface area (Å²) in [7, 11) is 0. The zero-order chi connectivity index (χ0) is 11.9. The van der Waals surface area contributed by atoms with Gasteiger partial charge < -0.3 is 4.79 Å². The standard InChI is InChI=1S/C12H23NOS/c1-10(2,3)12(11(4,5)6)13-9(7-14)8-15-12/h7,9,13H,8H2,1-6H3. The van der Waals surface area contributed by atoms with Crippen LogP contribution in [0.1, 0.15) is 41.5 Å². The van der Waals surface area contributed by atoms with Crippen LogP contribution >= 0.6 is 11.8 Å². The summed E-state index contributed by atoms with van der Waals surface area (Å²) in [5, 5.41) is 3.53. The van der Waals surface area contributed by atoms with Gasteiger partial charge in [0.2, 0.25) is 0 Å². The fraction of sp³-hybridized carbons (Fsp3) is 0.917. The van der Waals surface area contributed by atoms with Crippen LogP contribution in [0.25, 0.3) is 0 Å². The molecule has 0 radical (unpaired) electrons. The molecule has 1 aliphatic rings. The van der Waals surface area contributed by atoms with Gasteiger partial charge in [-0.2, -0.15) is 0 Å². The Morgan fingerprint density at radius 3 is 1.87 bits per heavy atom. The van der Waals surface area contributed by atoms with Gasteiger partial charge in [0.15, 0.2) is 0 Å². The lowest BCUT2D eigenvalue weighted by Gasteiger charge is -2.51. The maximum absolute atomic E-state index is 10.9. The first kappa shape index (κ1) is 13.0. The van der Waals surface area contributed by atoms with Crippen molar-refractivity contribution in [2.24, 2.45) is 10.8 Å². The van der Waals surface area contributed by atoms with E-state index in [9.17, 15) is 4.79 Å². The van der Waals surface area contributed by atoms with Gasteiger partial charge in [0, 0.05) is 5.75 Å². The van der Waals surface area contributed by atoms with E-state index < -0.39 is 0 Å². The van der Waals surface area contributed by atoms with Gasteiger partial charge in [-0.05, 0) is 10.8 Å². The van der Waals surface area contributed by atoms with Gasteiger partial charge in [0.25, 0.3) is 0 Å². The molecular formula is C12H23NOS. The Balaban J connectivity index is 3.06. The number of thioether (sulfide) groups is 1. The van der Waals surface area contributed by atoms with Crippen molar-refractivity contribution in [2.45, 2.75) is 52.5 Å². The van der Waals surface area contributed by atoms with Crippen LogP contribution in [0.5, 0.6) is 0 Å². The van der Waals surface area contributed by atoms with Gasteiger partial charge in [-0.25, -0.2) is 0 Å². The minimum atomic E-state index is -0.0222. The molecule has 1 saturated heterocycles. The molecule has 1 N–H and O–H groups in total. The Bertz CT molecular complexity index is 235. The SMILES string of the molecule is CC(C)(C)C1(C(C)(C)C)NC(C=O)CS1. The molecule has 0 aromatic heterocycles. The van der Waals surface area contributed by atoms with Crippen LogP contribution in [-0.4, -0.2) is 23.0 Å². The monoisotopic (exact) mass is 229 g/mol. The van der Waals surface area contributed by atoms with E-state index in [1.165, 1.54) is 0 Å². The van der Waals surface area contributed by atoms with Gasteiger partial charge in [-0.1, -0.05) is 41.5 Å². The first-order valence-electron chi connectivity index (χ1n) is 5.51. The zero-order valence-corrected chi connectivity index (χ0v) is 11.5. The Kier molecular flexibility index (Phi) is 3.28. The zero-order valence-electron chi connectivity index (χ0n) is 10.7. The molecule has 3 heteroatoms. The highest BCUT2D eigenvalue weighted by atomic mass is 32.2. The number of aldehydes is 1. The van der Waals surface area contributed by atoms with Crippen LogP contribution in [0.15, 0.2) is 0 Å². The Hall–Kier alpha value is -0.0200. The van der Waals surface area contributed by atoms with Crippen LogP contribution in [0, 0.1) is 10.8 Å². The predicted molar refractivity (Wildman–Crippen MR) is 67.1 cm³/mol. The van der Waals surface area contributed by atoms with Crippen LogP contribution in [0.2, 0.25) is 0 Å². The van der Waals surface area contributed by atoms with Gasteiger partial charge in [-0.15, -0.1) is 11.8 Å². The quantitative estimate of drug-likeness (QED) is 0.701. The molecule has 0 aromatic rings. The molecule has 1 heterocycles. The minimum Gasteiger partial charge on any atom is -0.302 e. The Labute approximate surface area is 97.6 Å².